The Hall–Kier alpha value is -3.02. The summed E-state index contributed by atoms with van der Waals surface area (Å²) < 4.78 is 5.49. The lowest BCUT2D eigenvalue weighted by molar-refractivity contribution is 0.252. The fourth-order valence-corrected chi connectivity index (χ4v) is 2.83. The molecule has 2 amide bonds. The number of urea groups is 1. The third-order valence-corrected chi connectivity index (χ3v) is 4.43. The van der Waals surface area contributed by atoms with Gasteiger partial charge in [-0.2, -0.15) is 5.10 Å². The number of carbonyl (C=O) groups excluding carboxylic acids is 1. The molecule has 0 fully saturated rings. The highest BCUT2D eigenvalue weighted by Crippen LogP contribution is 2.18. The molecule has 0 aliphatic rings. The number of ether oxygens (including phenoxy) is 1. The molecule has 0 saturated carbocycles. The molecule has 29 heavy (non-hydrogen) atoms. The third-order valence-electron chi connectivity index (χ3n) is 3.93. The zero-order valence-corrected chi connectivity index (χ0v) is 17.2. The molecular weight excluding hydrogens is 409 g/mol. The number of halogens is 2. The van der Waals surface area contributed by atoms with E-state index in [0.29, 0.717) is 28.1 Å². The van der Waals surface area contributed by atoms with E-state index in [2.05, 4.69) is 15.8 Å². The Morgan fingerprint density at radius 3 is 1.93 bits per heavy atom. The van der Waals surface area contributed by atoms with E-state index in [9.17, 15) is 4.79 Å². The summed E-state index contributed by atoms with van der Waals surface area (Å²) >= 11 is 11.9. The summed E-state index contributed by atoms with van der Waals surface area (Å²) in [7, 11) is 0. The van der Waals surface area contributed by atoms with Crippen LogP contribution in [0, 0.1) is 0 Å². The second-order valence-electron chi connectivity index (χ2n) is 6.00. The van der Waals surface area contributed by atoms with Crippen molar-refractivity contribution in [1.82, 2.24) is 5.43 Å². The van der Waals surface area contributed by atoms with Crippen molar-refractivity contribution in [3.63, 3.8) is 0 Å². The van der Waals surface area contributed by atoms with Gasteiger partial charge in [0.1, 0.15) is 5.75 Å². The van der Waals surface area contributed by atoms with Crippen molar-refractivity contribution in [1.29, 1.82) is 0 Å². The molecule has 0 radical (unpaired) electrons. The molecule has 148 valence electrons. The van der Waals surface area contributed by atoms with Crippen LogP contribution in [0.5, 0.6) is 5.75 Å². The van der Waals surface area contributed by atoms with Gasteiger partial charge in [0.05, 0.1) is 12.3 Å². The smallest absolute Gasteiger partial charge is 0.339 e. The Labute approximate surface area is 179 Å². The Morgan fingerprint density at radius 1 is 0.862 bits per heavy atom. The highest BCUT2D eigenvalue weighted by molar-refractivity contribution is 6.31. The third kappa shape index (κ3) is 5.98. The first-order chi connectivity index (χ1) is 14.0. The summed E-state index contributed by atoms with van der Waals surface area (Å²) in [6.07, 6.45) is 0. The molecule has 0 bridgehead atoms. The number of hydrogen-bond donors (Lipinski definition) is 2. The van der Waals surface area contributed by atoms with E-state index in [0.717, 1.165) is 16.9 Å². The normalized spacial score (nSPS) is 11.1. The number of nitrogens with one attached hydrogen (secondary N) is 2. The van der Waals surface area contributed by atoms with Crippen LogP contribution in [0.1, 0.15) is 18.1 Å². The van der Waals surface area contributed by atoms with Gasteiger partial charge in [0, 0.05) is 26.9 Å². The first-order valence-corrected chi connectivity index (χ1v) is 9.70. The molecule has 0 aliphatic carbocycles. The molecule has 0 heterocycles. The maximum absolute atomic E-state index is 12.3. The number of carbonyl (C=O) groups is 1. The molecular formula is C22H19Cl2N3O2. The van der Waals surface area contributed by atoms with Gasteiger partial charge in [-0.15, -0.1) is 0 Å². The average molecular weight is 428 g/mol. The minimum atomic E-state index is -0.468. The van der Waals surface area contributed by atoms with Crippen molar-refractivity contribution < 1.29 is 9.53 Å². The standard InChI is InChI=1S/C22H19Cl2N3O2/c1-2-29-20-13-5-16(6-14-20)21(15-3-7-17(23)8-4-15)26-27-22(28)25-19-11-9-18(24)10-12-19/h3-14H,2H2,1H3,(H2,25,27,28)/b26-21+. The van der Waals surface area contributed by atoms with Crippen LogP contribution >= 0.6 is 23.2 Å². The summed E-state index contributed by atoms with van der Waals surface area (Å²) in [6.45, 7) is 2.52. The summed E-state index contributed by atoms with van der Waals surface area (Å²) in [5.41, 5.74) is 5.37. The SMILES string of the molecule is CCOc1ccc(/C(=N/NC(=O)Nc2ccc(Cl)cc2)c2ccc(Cl)cc2)cc1. The molecule has 5 nitrogen and oxygen atoms in total. The van der Waals surface area contributed by atoms with Crippen molar-refractivity contribution in [3.8, 4) is 5.75 Å². The van der Waals surface area contributed by atoms with Crippen molar-refractivity contribution in [3.05, 3.63) is 94.0 Å². The van der Waals surface area contributed by atoms with E-state index in [1.54, 1.807) is 36.4 Å². The lowest BCUT2D eigenvalue weighted by atomic mass is 10.0. The largest absolute Gasteiger partial charge is 0.494 e. The highest BCUT2D eigenvalue weighted by Gasteiger charge is 2.09. The lowest BCUT2D eigenvalue weighted by Crippen LogP contribution is -2.26. The van der Waals surface area contributed by atoms with E-state index < -0.39 is 6.03 Å². The Balaban J connectivity index is 1.82. The molecule has 0 aromatic heterocycles. The van der Waals surface area contributed by atoms with Gasteiger partial charge in [0.15, 0.2) is 0 Å². The van der Waals surface area contributed by atoms with Crippen LogP contribution < -0.4 is 15.5 Å². The van der Waals surface area contributed by atoms with Crippen LogP contribution in [-0.4, -0.2) is 18.3 Å². The molecule has 3 aromatic carbocycles. The lowest BCUT2D eigenvalue weighted by Gasteiger charge is -2.10. The average Bonchev–Trinajstić information content (AvgIpc) is 2.72. The molecule has 2 N–H and O–H groups in total. The summed E-state index contributed by atoms with van der Waals surface area (Å²) in [5.74, 6) is 0.764. The number of hydrogen-bond acceptors (Lipinski definition) is 3. The number of amides is 2. The van der Waals surface area contributed by atoms with Gasteiger partial charge in [0.2, 0.25) is 0 Å². The predicted octanol–water partition coefficient (Wildman–Crippen LogP) is 5.97. The van der Waals surface area contributed by atoms with E-state index >= 15 is 0 Å². The summed E-state index contributed by atoms with van der Waals surface area (Å²) in [5, 5.41) is 8.24. The predicted molar refractivity (Wildman–Crippen MR) is 118 cm³/mol. The summed E-state index contributed by atoms with van der Waals surface area (Å²) in [4.78, 5) is 12.3. The van der Waals surface area contributed by atoms with E-state index in [1.807, 2.05) is 43.3 Å². The fraction of sp³-hybridized carbons (Fsp3) is 0.0909. The maximum atomic E-state index is 12.3. The summed E-state index contributed by atoms with van der Waals surface area (Å²) in [6, 6.07) is 21.1. The van der Waals surface area contributed by atoms with Crippen molar-refractivity contribution in [2.45, 2.75) is 6.92 Å². The van der Waals surface area contributed by atoms with Crippen LogP contribution in [0.2, 0.25) is 10.0 Å². The van der Waals surface area contributed by atoms with Crippen molar-refractivity contribution >= 4 is 40.6 Å². The maximum Gasteiger partial charge on any atom is 0.339 e. The quantitative estimate of drug-likeness (QED) is 0.376. The number of benzene rings is 3. The molecule has 3 rings (SSSR count). The van der Waals surface area contributed by atoms with Gasteiger partial charge < -0.3 is 10.1 Å². The van der Waals surface area contributed by atoms with Crippen LogP contribution in [0.25, 0.3) is 0 Å². The van der Waals surface area contributed by atoms with Crippen LogP contribution in [0.4, 0.5) is 10.5 Å². The molecule has 0 spiro atoms. The number of nitrogens with zero attached hydrogens (tertiary/aromatic N) is 1. The zero-order valence-electron chi connectivity index (χ0n) is 15.7. The number of rotatable bonds is 6. The number of anilines is 1. The van der Waals surface area contributed by atoms with Crippen LogP contribution in [-0.2, 0) is 0 Å². The van der Waals surface area contributed by atoms with Gasteiger partial charge in [0.25, 0.3) is 0 Å². The van der Waals surface area contributed by atoms with Gasteiger partial charge >= 0.3 is 6.03 Å². The van der Waals surface area contributed by atoms with Gasteiger partial charge in [-0.3, -0.25) is 0 Å². The molecule has 7 heteroatoms. The first kappa shape index (κ1) is 20.7. The molecule has 0 aliphatic heterocycles. The molecule has 0 unspecified atom stereocenters. The van der Waals surface area contributed by atoms with Crippen molar-refractivity contribution in [2.75, 3.05) is 11.9 Å². The van der Waals surface area contributed by atoms with Gasteiger partial charge in [-0.25, -0.2) is 10.2 Å². The minimum Gasteiger partial charge on any atom is -0.494 e. The monoisotopic (exact) mass is 427 g/mol. The van der Waals surface area contributed by atoms with Crippen LogP contribution in [0.3, 0.4) is 0 Å². The van der Waals surface area contributed by atoms with Gasteiger partial charge in [-0.1, -0.05) is 35.3 Å². The molecule has 3 aromatic rings. The molecule has 0 saturated heterocycles. The Bertz CT molecular complexity index is 986. The highest BCUT2D eigenvalue weighted by atomic mass is 35.5. The first-order valence-electron chi connectivity index (χ1n) is 8.94. The second-order valence-corrected chi connectivity index (χ2v) is 6.87. The van der Waals surface area contributed by atoms with Gasteiger partial charge in [-0.05, 0) is 67.6 Å². The van der Waals surface area contributed by atoms with E-state index in [-0.39, 0.29) is 0 Å². The topological polar surface area (TPSA) is 62.7 Å². The fourth-order valence-electron chi connectivity index (χ4n) is 2.58. The van der Waals surface area contributed by atoms with E-state index in [1.165, 1.54) is 0 Å². The molecule has 0 atom stereocenters. The van der Waals surface area contributed by atoms with Crippen molar-refractivity contribution in [2.24, 2.45) is 5.10 Å². The number of hydrazone groups is 1. The Kier molecular flexibility index (Phi) is 7.11. The zero-order chi connectivity index (χ0) is 20.6. The van der Waals surface area contributed by atoms with E-state index in [4.69, 9.17) is 27.9 Å². The van der Waals surface area contributed by atoms with Crippen LogP contribution in [0.15, 0.2) is 77.9 Å². The minimum absolute atomic E-state index is 0.468. The Morgan fingerprint density at radius 2 is 1.38 bits per heavy atom. The second kappa shape index (κ2) is 9.96.